The van der Waals surface area contributed by atoms with Crippen LogP contribution in [0.3, 0.4) is 0 Å². The third kappa shape index (κ3) is 13.6. The fraction of sp³-hybridized carbons (Fsp3) is 0.708. The second-order valence-electron chi connectivity index (χ2n) is 8.05. The predicted octanol–water partition coefficient (Wildman–Crippen LogP) is 8.66. The monoisotopic (exact) mass is 476 g/mol. The molecule has 0 aromatic heterocycles. The molecule has 1 aromatic rings. The highest BCUT2D eigenvalue weighted by Crippen LogP contribution is 2.32. The first-order chi connectivity index (χ1) is 14.5. The summed E-state index contributed by atoms with van der Waals surface area (Å²) in [5.41, 5.74) is 0.609. The lowest BCUT2D eigenvalue weighted by Gasteiger charge is -2.10. The molecule has 0 bridgehead atoms. The Bertz CT molecular complexity index is 596. The minimum Gasteiger partial charge on any atom is -0.375 e. The third-order valence-electron chi connectivity index (χ3n) is 5.30. The van der Waals surface area contributed by atoms with E-state index in [1.807, 2.05) is 0 Å². The van der Waals surface area contributed by atoms with Crippen molar-refractivity contribution in [2.24, 2.45) is 0 Å². The Morgan fingerprint density at radius 2 is 1.17 bits per heavy atom. The van der Waals surface area contributed by atoms with Crippen LogP contribution in [0.1, 0.15) is 96.8 Å². The standard InChI is InChI=1S/C24H39Cl3N2O/c1-2-3-4-5-6-7-8-9-10-11-12-13-14-15-16-28-24(30)19-29-23-18-21(26)20(25)17-22(23)27/h17-18,29H,2-16,19H2,1H3,(H,28,30). The maximum atomic E-state index is 11.9. The van der Waals surface area contributed by atoms with Crippen molar-refractivity contribution in [1.82, 2.24) is 5.32 Å². The van der Waals surface area contributed by atoms with Crippen molar-refractivity contribution in [1.29, 1.82) is 0 Å². The molecule has 1 amide bonds. The molecular weight excluding hydrogens is 439 g/mol. The number of halogens is 3. The molecule has 0 fully saturated rings. The average molecular weight is 478 g/mol. The number of carbonyl (C=O) groups is 1. The first kappa shape index (κ1) is 27.4. The van der Waals surface area contributed by atoms with E-state index in [2.05, 4.69) is 17.6 Å². The van der Waals surface area contributed by atoms with E-state index in [-0.39, 0.29) is 12.5 Å². The summed E-state index contributed by atoms with van der Waals surface area (Å²) in [6.07, 6.45) is 18.7. The molecule has 0 unspecified atom stereocenters. The zero-order valence-electron chi connectivity index (χ0n) is 18.5. The fourth-order valence-corrected chi connectivity index (χ4v) is 4.06. The molecule has 1 aromatic carbocycles. The molecule has 0 spiro atoms. The Hall–Kier alpha value is -0.640. The lowest BCUT2D eigenvalue weighted by Crippen LogP contribution is -2.30. The van der Waals surface area contributed by atoms with E-state index in [1.54, 1.807) is 12.1 Å². The van der Waals surface area contributed by atoms with Gasteiger partial charge in [0, 0.05) is 6.54 Å². The van der Waals surface area contributed by atoms with Crippen molar-refractivity contribution < 1.29 is 4.79 Å². The van der Waals surface area contributed by atoms with Gasteiger partial charge < -0.3 is 10.6 Å². The second-order valence-corrected chi connectivity index (χ2v) is 9.27. The van der Waals surface area contributed by atoms with Crippen LogP contribution in [0.4, 0.5) is 5.69 Å². The number of carbonyl (C=O) groups excluding carboxylic acids is 1. The highest BCUT2D eigenvalue weighted by atomic mass is 35.5. The topological polar surface area (TPSA) is 41.1 Å². The van der Waals surface area contributed by atoms with Crippen LogP contribution in [0.2, 0.25) is 15.1 Å². The third-order valence-corrected chi connectivity index (χ3v) is 6.34. The average Bonchev–Trinajstić information content (AvgIpc) is 2.72. The number of anilines is 1. The summed E-state index contributed by atoms with van der Waals surface area (Å²) in [7, 11) is 0. The molecule has 0 aliphatic heterocycles. The minimum absolute atomic E-state index is 0.0492. The van der Waals surface area contributed by atoms with Gasteiger partial charge in [-0.25, -0.2) is 0 Å². The van der Waals surface area contributed by atoms with Gasteiger partial charge in [0.1, 0.15) is 0 Å². The first-order valence-corrected chi connectivity index (χ1v) is 12.8. The Morgan fingerprint density at radius 3 is 1.70 bits per heavy atom. The van der Waals surface area contributed by atoms with Gasteiger partial charge in [-0.05, 0) is 18.6 Å². The molecule has 0 radical (unpaired) electrons. The maximum absolute atomic E-state index is 11.9. The molecule has 30 heavy (non-hydrogen) atoms. The van der Waals surface area contributed by atoms with E-state index in [4.69, 9.17) is 34.8 Å². The van der Waals surface area contributed by atoms with E-state index in [0.29, 0.717) is 27.3 Å². The number of rotatable bonds is 18. The summed E-state index contributed by atoms with van der Waals surface area (Å²) in [6.45, 7) is 3.15. The van der Waals surface area contributed by atoms with E-state index < -0.39 is 0 Å². The SMILES string of the molecule is CCCCCCCCCCCCCCCCNC(=O)CNc1cc(Cl)c(Cl)cc1Cl. The van der Waals surface area contributed by atoms with Gasteiger partial charge in [0.15, 0.2) is 0 Å². The smallest absolute Gasteiger partial charge is 0.239 e. The molecule has 2 N–H and O–H groups in total. The van der Waals surface area contributed by atoms with E-state index in [9.17, 15) is 4.79 Å². The Morgan fingerprint density at radius 1 is 0.700 bits per heavy atom. The molecule has 0 aliphatic rings. The van der Waals surface area contributed by atoms with Gasteiger partial charge in [0.25, 0.3) is 0 Å². The molecule has 0 atom stereocenters. The summed E-state index contributed by atoms with van der Waals surface area (Å²) < 4.78 is 0. The number of nitrogens with one attached hydrogen (secondary N) is 2. The summed E-state index contributed by atoms with van der Waals surface area (Å²) in [4.78, 5) is 11.9. The molecule has 0 saturated carbocycles. The van der Waals surface area contributed by atoms with Crippen LogP contribution in [-0.4, -0.2) is 19.0 Å². The Kier molecular flexibility index (Phi) is 16.4. The second kappa shape index (κ2) is 18.0. The van der Waals surface area contributed by atoms with Crippen LogP contribution in [0, 0.1) is 0 Å². The highest BCUT2D eigenvalue weighted by molar-refractivity contribution is 6.44. The van der Waals surface area contributed by atoms with Gasteiger partial charge >= 0.3 is 0 Å². The normalized spacial score (nSPS) is 10.9. The van der Waals surface area contributed by atoms with E-state index >= 15 is 0 Å². The van der Waals surface area contributed by atoms with Crippen molar-refractivity contribution in [3.8, 4) is 0 Å². The lowest BCUT2D eigenvalue weighted by atomic mass is 10.0. The van der Waals surface area contributed by atoms with Crippen molar-refractivity contribution in [2.45, 2.75) is 96.8 Å². The molecule has 6 heteroatoms. The van der Waals surface area contributed by atoms with E-state index in [1.165, 1.54) is 83.5 Å². The summed E-state index contributed by atoms with van der Waals surface area (Å²) >= 11 is 18.0. The van der Waals surface area contributed by atoms with Crippen LogP contribution in [0.5, 0.6) is 0 Å². The highest BCUT2D eigenvalue weighted by Gasteiger charge is 2.07. The first-order valence-electron chi connectivity index (χ1n) is 11.7. The Balaban J connectivity index is 1.90. The molecule has 0 aliphatic carbocycles. The van der Waals surface area contributed by atoms with Crippen molar-refractivity contribution >= 4 is 46.4 Å². The number of hydrogen-bond donors (Lipinski definition) is 2. The molecule has 0 saturated heterocycles. The summed E-state index contributed by atoms with van der Waals surface area (Å²) in [6, 6.07) is 3.20. The molecular formula is C24H39Cl3N2O. The van der Waals surface area contributed by atoms with Crippen molar-refractivity contribution in [3.63, 3.8) is 0 Å². The maximum Gasteiger partial charge on any atom is 0.239 e. The number of unbranched alkanes of at least 4 members (excludes halogenated alkanes) is 13. The van der Waals surface area contributed by atoms with Gasteiger partial charge in [0.2, 0.25) is 5.91 Å². The van der Waals surface area contributed by atoms with Crippen LogP contribution in [0.25, 0.3) is 0 Å². The molecule has 3 nitrogen and oxygen atoms in total. The predicted molar refractivity (Wildman–Crippen MR) is 133 cm³/mol. The van der Waals surface area contributed by atoms with Crippen molar-refractivity contribution in [2.75, 3.05) is 18.4 Å². The molecule has 172 valence electrons. The molecule has 0 heterocycles. The van der Waals surface area contributed by atoms with Gasteiger partial charge in [0.05, 0.1) is 27.3 Å². The van der Waals surface area contributed by atoms with Crippen LogP contribution < -0.4 is 10.6 Å². The van der Waals surface area contributed by atoms with Gasteiger partial charge in [-0.2, -0.15) is 0 Å². The van der Waals surface area contributed by atoms with Crippen LogP contribution in [0.15, 0.2) is 12.1 Å². The number of amides is 1. The number of hydrogen-bond acceptors (Lipinski definition) is 2. The fourth-order valence-electron chi connectivity index (χ4n) is 3.44. The summed E-state index contributed by atoms with van der Waals surface area (Å²) in [5, 5.41) is 7.19. The van der Waals surface area contributed by atoms with Crippen LogP contribution >= 0.6 is 34.8 Å². The minimum atomic E-state index is -0.0492. The summed E-state index contributed by atoms with van der Waals surface area (Å²) in [5.74, 6) is -0.0492. The zero-order chi connectivity index (χ0) is 22.0. The van der Waals surface area contributed by atoms with Gasteiger partial charge in [-0.3, -0.25) is 4.79 Å². The largest absolute Gasteiger partial charge is 0.375 e. The number of benzene rings is 1. The lowest BCUT2D eigenvalue weighted by molar-refractivity contribution is -0.119. The van der Waals surface area contributed by atoms with Crippen molar-refractivity contribution in [3.05, 3.63) is 27.2 Å². The van der Waals surface area contributed by atoms with Gasteiger partial charge in [-0.15, -0.1) is 0 Å². The van der Waals surface area contributed by atoms with E-state index in [0.717, 1.165) is 6.42 Å². The Labute approximate surface area is 198 Å². The molecule has 1 rings (SSSR count). The van der Waals surface area contributed by atoms with Gasteiger partial charge in [-0.1, -0.05) is 125 Å². The quantitative estimate of drug-likeness (QED) is 0.164. The zero-order valence-corrected chi connectivity index (χ0v) is 20.8. The van der Waals surface area contributed by atoms with Crippen LogP contribution in [-0.2, 0) is 4.79 Å².